The Morgan fingerprint density at radius 1 is 0.946 bits per heavy atom. The highest BCUT2D eigenvalue weighted by Gasteiger charge is 2.16. The van der Waals surface area contributed by atoms with Gasteiger partial charge in [0.2, 0.25) is 5.91 Å². The molecule has 0 saturated carbocycles. The van der Waals surface area contributed by atoms with Crippen LogP contribution in [0, 0.1) is 5.92 Å². The molecule has 0 aliphatic carbocycles. The molecular weight excluding hydrogens is 462 g/mol. The molecule has 5 aromatic heterocycles. The number of carbonyl (C=O) groups is 1. The van der Waals surface area contributed by atoms with Crippen molar-refractivity contribution in [2.24, 2.45) is 5.92 Å². The predicted octanol–water partition coefficient (Wildman–Crippen LogP) is 6.21. The maximum absolute atomic E-state index is 12.2. The maximum Gasteiger partial charge on any atom is 0.224 e. The van der Waals surface area contributed by atoms with Crippen molar-refractivity contribution in [2.75, 3.05) is 5.32 Å². The fraction of sp³-hybridized carbons (Fsp3) is 0.138. The van der Waals surface area contributed by atoms with Crippen molar-refractivity contribution in [1.82, 2.24) is 30.1 Å². The number of H-pyrrole nitrogens is 2. The van der Waals surface area contributed by atoms with E-state index in [1.54, 1.807) is 24.8 Å². The third-order valence-corrected chi connectivity index (χ3v) is 6.23. The van der Waals surface area contributed by atoms with E-state index in [0.717, 1.165) is 55.7 Å². The molecule has 0 unspecified atom stereocenters. The zero-order chi connectivity index (χ0) is 25.4. The minimum Gasteiger partial charge on any atom is -0.353 e. The van der Waals surface area contributed by atoms with Crippen LogP contribution in [0.3, 0.4) is 0 Å². The monoisotopic (exact) mass is 487 g/mol. The van der Waals surface area contributed by atoms with Gasteiger partial charge in [0.05, 0.1) is 28.8 Å². The molecule has 8 nitrogen and oxygen atoms in total. The Labute approximate surface area is 213 Å². The number of nitrogens with zero attached hydrogens (tertiary/aromatic N) is 4. The highest BCUT2D eigenvalue weighted by Crippen LogP contribution is 2.34. The van der Waals surface area contributed by atoms with Gasteiger partial charge in [-0.3, -0.25) is 19.9 Å². The molecular formula is C29H25N7O. The smallest absolute Gasteiger partial charge is 0.224 e. The molecule has 0 bridgehead atoms. The summed E-state index contributed by atoms with van der Waals surface area (Å²) >= 11 is 0. The van der Waals surface area contributed by atoms with Crippen LogP contribution < -0.4 is 5.32 Å². The summed E-state index contributed by atoms with van der Waals surface area (Å²) in [6.45, 7) is 4.03. The van der Waals surface area contributed by atoms with Crippen LogP contribution in [-0.2, 0) is 4.79 Å². The SMILES string of the molecule is CC(C)CC(=O)Nc1cncc(-c2ccc3[nH]nc(-c4cc5c(-c6ccncc6)cccc5[nH]4)c3n2)c1. The van der Waals surface area contributed by atoms with Gasteiger partial charge >= 0.3 is 0 Å². The lowest BCUT2D eigenvalue weighted by Gasteiger charge is -2.08. The molecule has 1 amide bonds. The summed E-state index contributed by atoms with van der Waals surface area (Å²) in [6, 6.07) is 18.1. The number of carbonyl (C=O) groups excluding carboxylic acids is 1. The van der Waals surface area contributed by atoms with Gasteiger partial charge in [0, 0.05) is 41.5 Å². The molecule has 37 heavy (non-hydrogen) atoms. The molecule has 5 heterocycles. The number of hydrogen-bond donors (Lipinski definition) is 3. The van der Waals surface area contributed by atoms with Crippen molar-refractivity contribution in [3.8, 4) is 33.8 Å². The topological polar surface area (TPSA) is 112 Å². The first-order valence-corrected chi connectivity index (χ1v) is 12.2. The number of aromatic nitrogens is 6. The number of benzene rings is 1. The van der Waals surface area contributed by atoms with Gasteiger partial charge in [-0.05, 0) is 59.5 Å². The number of fused-ring (bicyclic) bond motifs is 2. The van der Waals surface area contributed by atoms with Gasteiger partial charge in [0.25, 0.3) is 0 Å². The molecule has 0 saturated heterocycles. The molecule has 1 aromatic carbocycles. The summed E-state index contributed by atoms with van der Waals surface area (Å²) in [7, 11) is 0. The first-order valence-electron chi connectivity index (χ1n) is 12.2. The standard InChI is InChI=1S/C29H25N7O/c1-17(2)12-27(37)32-20-13-19(15-31-16-20)23-6-7-25-28(34-23)29(36-35-25)26-14-22-21(4-3-5-24(22)33-26)18-8-10-30-11-9-18/h3-11,13-17,33H,12H2,1-2H3,(H,32,37)(H,35,36). The summed E-state index contributed by atoms with van der Waals surface area (Å²) in [5, 5.41) is 11.7. The lowest BCUT2D eigenvalue weighted by molar-refractivity contribution is -0.116. The molecule has 0 aliphatic rings. The molecule has 182 valence electrons. The molecule has 6 rings (SSSR count). The summed E-state index contributed by atoms with van der Waals surface area (Å²) in [5.74, 6) is 0.254. The van der Waals surface area contributed by atoms with Gasteiger partial charge in [-0.15, -0.1) is 0 Å². The highest BCUT2D eigenvalue weighted by molar-refractivity contribution is 6.00. The minimum atomic E-state index is -0.0283. The fourth-order valence-corrected chi connectivity index (χ4v) is 4.54. The normalized spacial score (nSPS) is 11.4. The van der Waals surface area contributed by atoms with Crippen molar-refractivity contribution in [3.63, 3.8) is 0 Å². The number of hydrogen-bond acceptors (Lipinski definition) is 5. The van der Waals surface area contributed by atoms with Crippen molar-refractivity contribution in [1.29, 1.82) is 0 Å². The third-order valence-electron chi connectivity index (χ3n) is 6.23. The predicted molar refractivity (Wildman–Crippen MR) is 146 cm³/mol. The summed E-state index contributed by atoms with van der Waals surface area (Å²) in [6.07, 6.45) is 7.45. The van der Waals surface area contributed by atoms with Crippen molar-refractivity contribution >= 4 is 33.5 Å². The summed E-state index contributed by atoms with van der Waals surface area (Å²) in [5.41, 5.74) is 8.66. The van der Waals surface area contributed by atoms with Crippen LogP contribution in [-0.4, -0.2) is 36.0 Å². The second-order valence-electron chi connectivity index (χ2n) is 9.46. The third kappa shape index (κ3) is 4.45. The number of nitrogens with one attached hydrogen (secondary N) is 3. The molecule has 0 radical (unpaired) electrons. The van der Waals surface area contributed by atoms with E-state index in [4.69, 9.17) is 4.98 Å². The van der Waals surface area contributed by atoms with E-state index in [1.165, 1.54) is 0 Å². The number of anilines is 1. The zero-order valence-electron chi connectivity index (χ0n) is 20.5. The number of rotatable bonds is 6. The van der Waals surface area contributed by atoms with Crippen molar-refractivity contribution < 1.29 is 4.79 Å². The van der Waals surface area contributed by atoms with Crippen LogP contribution in [0.5, 0.6) is 0 Å². The second-order valence-corrected chi connectivity index (χ2v) is 9.46. The van der Waals surface area contributed by atoms with Crippen molar-refractivity contribution in [2.45, 2.75) is 20.3 Å². The fourth-order valence-electron chi connectivity index (χ4n) is 4.54. The van der Waals surface area contributed by atoms with Crippen LogP contribution in [0.25, 0.3) is 55.7 Å². The van der Waals surface area contributed by atoms with Gasteiger partial charge in [0.15, 0.2) is 0 Å². The highest BCUT2D eigenvalue weighted by atomic mass is 16.1. The van der Waals surface area contributed by atoms with E-state index in [2.05, 4.69) is 48.7 Å². The van der Waals surface area contributed by atoms with E-state index in [-0.39, 0.29) is 11.8 Å². The van der Waals surface area contributed by atoms with E-state index in [1.807, 2.05) is 50.2 Å². The number of pyridine rings is 3. The first-order chi connectivity index (χ1) is 18.0. The van der Waals surface area contributed by atoms with Crippen LogP contribution in [0.1, 0.15) is 20.3 Å². The maximum atomic E-state index is 12.2. The van der Waals surface area contributed by atoms with Crippen LogP contribution in [0.15, 0.2) is 79.4 Å². The number of amides is 1. The van der Waals surface area contributed by atoms with Crippen molar-refractivity contribution in [3.05, 3.63) is 79.4 Å². The number of aromatic amines is 2. The summed E-state index contributed by atoms with van der Waals surface area (Å²) < 4.78 is 0. The Bertz CT molecular complexity index is 1730. The van der Waals surface area contributed by atoms with E-state index >= 15 is 0 Å². The second kappa shape index (κ2) is 9.31. The largest absolute Gasteiger partial charge is 0.353 e. The first kappa shape index (κ1) is 22.6. The van der Waals surface area contributed by atoms with Gasteiger partial charge in [-0.25, -0.2) is 4.98 Å². The van der Waals surface area contributed by atoms with Crippen LogP contribution in [0.4, 0.5) is 5.69 Å². The molecule has 8 heteroatoms. The van der Waals surface area contributed by atoms with Gasteiger partial charge in [-0.1, -0.05) is 26.0 Å². The molecule has 6 aromatic rings. The average molecular weight is 488 g/mol. The molecule has 0 aliphatic heterocycles. The zero-order valence-corrected chi connectivity index (χ0v) is 20.5. The van der Waals surface area contributed by atoms with Crippen LogP contribution >= 0.6 is 0 Å². The Kier molecular flexibility index (Phi) is 5.69. The summed E-state index contributed by atoms with van der Waals surface area (Å²) in [4.78, 5) is 29.1. The van der Waals surface area contributed by atoms with Gasteiger partial charge < -0.3 is 10.3 Å². The van der Waals surface area contributed by atoms with E-state index < -0.39 is 0 Å². The van der Waals surface area contributed by atoms with Gasteiger partial charge in [-0.2, -0.15) is 5.10 Å². The molecule has 0 spiro atoms. The quantitative estimate of drug-likeness (QED) is 0.258. The molecule has 3 N–H and O–H groups in total. The Morgan fingerprint density at radius 3 is 2.65 bits per heavy atom. The van der Waals surface area contributed by atoms with Gasteiger partial charge in [0.1, 0.15) is 11.2 Å². The van der Waals surface area contributed by atoms with E-state index in [0.29, 0.717) is 12.1 Å². The Hall–Kier alpha value is -4.85. The molecule has 0 fully saturated rings. The lowest BCUT2D eigenvalue weighted by Crippen LogP contribution is -2.13. The molecule has 0 atom stereocenters. The minimum absolute atomic E-state index is 0.0283. The Balaban J connectivity index is 1.38. The Morgan fingerprint density at radius 2 is 1.81 bits per heavy atom. The lowest BCUT2D eigenvalue weighted by atomic mass is 10.0. The van der Waals surface area contributed by atoms with E-state index in [9.17, 15) is 4.79 Å². The average Bonchev–Trinajstić information content (AvgIpc) is 3.52. The van der Waals surface area contributed by atoms with Crippen LogP contribution in [0.2, 0.25) is 0 Å².